The lowest BCUT2D eigenvalue weighted by Crippen LogP contribution is -2.22. The second kappa shape index (κ2) is 5.97. The Bertz CT molecular complexity index is 602. The first-order valence-corrected chi connectivity index (χ1v) is 7.20. The lowest BCUT2D eigenvalue weighted by Gasteiger charge is -2.18. The monoisotopic (exact) mass is 299 g/mol. The van der Waals surface area contributed by atoms with Crippen molar-refractivity contribution in [2.45, 2.75) is 26.8 Å². The Morgan fingerprint density at radius 1 is 1.05 bits per heavy atom. The normalized spacial score (nSPS) is 12.7. The van der Waals surface area contributed by atoms with Crippen molar-refractivity contribution in [3.05, 3.63) is 56.5 Å². The van der Waals surface area contributed by atoms with Crippen LogP contribution in [0.1, 0.15) is 33.8 Å². The zero-order valence-electron chi connectivity index (χ0n) is 11.6. The molecule has 108 valence electrons. The van der Waals surface area contributed by atoms with Gasteiger partial charge in [-0.15, -0.1) is 11.3 Å². The van der Waals surface area contributed by atoms with Crippen molar-refractivity contribution in [1.29, 1.82) is 0 Å². The summed E-state index contributed by atoms with van der Waals surface area (Å²) in [6.45, 7) is 6.44. The Morgan fingerprint density at radius 3 is 2.25 bits per heavy atom. The summed E-state index contributed by atoms with van der Waals surface area (Å²) in [6.07, 6.45) is 0. The number of nitrogens with one attached hydrogen (secondary N) is 1. The van der Waals surface area contributed by atoms with E-state index in [0.29, 0.717) is 12.6 Å². The summed E-state index contributed by atoms with van der Waals surface area (Å²) in [5.41, 5.74) is 1.24. The molecule has 1 atom stereocenters. The summed E-state index contributed by atoms with van der Waals surface area (Å²) in [4.78, 5) is 2.03. The van der Waals surface area contributed by atoms with Gasteiger partial charge < -0.3 is 5.32 Å². The van der Waals surface area contributed by atoms with Gasteiger partial charge >= 0.3 is 0 Å². The summed E-state index contributed by atoms with van der Waals surface area (Å²) < 4.78 is 40.4. The standard InChI is InChI=1S/C15H16F3NS/c1-4-19-15(14-5-8(2)9(3)20-14)10-6-12(17)13(18)7-11(10)16/h5-7,15,19H,4H2,1-3H3. The minimum absolute atomic E-state index is 0.131. The maximum absolute atomic E-state index is 14.0. The number of benzene rings is 1. The molecule has 1 nitrogen and oxygen atoms in total. The molecule has 0 fully saturated rings. The molecule has 0 radical (unpaired) electrons. The van der Waals surface area contributed by atoms with Crippen LogP contribution in [0.3, 0.4) is 0 Å². The second-order valence-corrected chi connectivity index (χ2v) is 5.95. The van der Waals surface area contributed by atoms with Gasteiger partial charge in [-0.2, -0.15) is 0 Å². The van der Waals surface area contributed by atoms with Crippen LogP contribution in [0.4, 0.5) is 13.2 Å². The Labute approximate surface area is 120 Å². The van der Waals surface area contributed by atoms with Gasteiger partial charge in [-0.25, -0.2) is 13.2 Å². The maximum atomic E-state index is 14.0. The summed E-state index contributed by atoms with van der Waals surface area (Å²) in [5.74, 6) is -2.94. The second-order valence-electron chi connectivity index (χ2n) is 4.67. The van der Waals surface area contributed by atoms with Crippen molar-refractivity contribution >= 4 is 11.3 Å². The van der Waals surface area contributed by atoms with E-state index in [1.807, 2.05) is 26.8 Å². The van der Waals surface area contributed by atoms with Gasteiger partial charge in [-0.1, -0.05) is 6.92 Å². The van der Waals surface area contributed by atoms with Crippen molar-refractivity contribution < 1.29 is 13.2 Å². The Balaban J connectivity index is 2.50. The Hall–Kier alpha value is -1.33. The van der Waals surface area contributed by atoms with E-state index >= 15 is 0 Å². The number of hydrogen-bond acceptors (Lipinski definition) is 2. The van der Waals surface area contributed by atoms with Gasteiger partial charge in [-0.3, -0.25) is 0 Å². The van der Waals surface area contributed by atoms with Gasteiger partial charge in [0.05, 0.1) is 6.04 Å². The van der Waals surface area contributed by atoms with Crippen LogP contribution in [-0.4, -0.2) is 6.54 Å². The van der Waals surface area contributed by atoms with Gasteiger partial charge in [-0.05, 0) is 38.1 Å². The summed E-state index contributed by atoms with van der Waals surface area (Å²) in [5, 5.41) is 3.12. The fraction of sp³-hybridized carbons (Fsp3) is 0.333. The topological polar surface area (TPSA) is 12.0 Å². The highest BCUT2D eigenvalue weighted by atomic mass is 32.1. The fourth-order valence-corrected chi connectivity index (χ4v) is 3.21. The van der Waals surface area contributed by atoms with Crippen LogP contribution in [0, 0.1) is 31.3 Å². The average molecular weight is 299 g/mol. The summed E-state index contributed by atoms with van der Waals surface area (Å²) >= 11 is 1.53. The molecule has 1 aromatic carbocycles. The van der Waals surface area contributed by atoms with E-state index in [2.05, 4.69) is 5.32 Å². The van der Waals surface area contributed by atoms with E-state index in [4.69, 9.17) is 0 Å². The minimum Gasteiger partial charge on any atom is -0.306 e. The number of aryl methyl sites for hydroxylation is 2. The quantitative estimate of drug-likeness (QED) is 0.821. The highest BCUT2D eigenvalue weighted by Gasteiger charge is 2.21. The van der Waals surface area contributed by atoms with Crippen LogP contribution in [0.2, 0.25) is 0 Å². The predicted molar refractivity (Wildman–Crippen MR) is 75.6 cm³/mol. The molecule has 1 N–H and O–H groups in total. The number of halogens is 3. The first kappa shape index (κ1) is 15.1. The molecule has 5 heteroatoms. The summed E-state index contributed by atoms with van der Waals surface area (Å²) in [6, 6.07) is 3.02. The number of hydrogen-bond donors (Lipinski definition) is 1. The molecule has 0 saturated heterocycles. The third-order valence-corrected chi connectivity index (χ3v) is 4.45. The lowest BCUT2D eigenvalue weighted by molar-refractivity contribution is 0.482. The van der Waals surface area contributed by atoms with E-state index in [1.165, 1.54) is 11.3 Å². The molecule has 0 aliphatic rings. The first-order chi connectivity index (χ1) is 9.43. The van der Waals surface area contributed by atoms with E-state index in [-0.39, 0.29) is 5.56 Å². The fourth-order valence-electron chi connectivity index (χ4n) is 2.07. The zero-order valence-corrected chi connectivity index (χ0v) is 12.4. The van der Waals surface area contributed by atoms with Gasteiger partial charge in [0.15, 0.2) is 11.6 Å². The summed E-state index contributed by atoms with van der Waals surface area (Å²) in [7, 11) is 0. The zero-order chi connectivity index (χ0) is 14.9. The van der Waals surface area contributed by atoms with E-state index < -0.39 is 23.5 Å². The van der Waals surface area contributed by atoms with Crippen molar-refractivity contribution in [3.8, 4) is 0 Å². The maximum Gasteiger partial charge on any atom is 0.161 e. The van der Waals surface area contributed by atoms with E-state index in [0.717, 1.165) is 21.4 Å². The number of rotatable bonds is 4. The minimum atomic E-state index is -1.17. The molecule has 0 amide bonds. The van der Waals surface area contributed by atoms with E-state index in [1.54, 1.807) is 0 Å². The molecule has 1 aromatic heterocycles. The van der Waals surface area contributed by atoms with Crippen molar-refractivity contribution in [2.75, 3.05) is 6.54 Å². The van der Waals surface area contributed by atoms with Gasteiger partial charge in [0.25, 0.3) is 0 Å². The van der Waals surface area contributed by atoms with Gasteiger partial charge in [0, 0.05) is 21.4 Å². The van der Waals surface area contributed by atoms with Crippen LogP contribution in [0.5, 0.6) is 0 Å². The van der Waals surface area contributed by atoms with Crippen LogP contribution in [0.25, 0.3) is 0 Å². The van der Waals surface area contributed by atoms with Crippen molar-refractivity contribution in [3.63, 3.8) is 0 Å². The highest BCUT2D eigenvalue weighted by molar-refractivity contribution is 7.12. The highest BCUT2D eigenvalue weighted by Crippen LogP contribution is 2.32. The van der Waals surface area contributed by atoms with Crippen LogP contribution < -0.4 is 5.32 Å². The van der Waals surface area contributed by atoms with E-state index in [9.17, 15) is 13.2 Å². The third-order valence-electron chi connectivity index (χ3n) is 3.23. The molecule has 0 saturated carbocycles. The SMILES string of the molecule is CCNC(c1cc(C)c(C)s1)c1cc(F)c(F)cc1F. The lowest BCUT2D eigenvalue weighted by atomic mass is 10.0. The van der Waals surface area contributed by atoms with Crippen LogP contribution in [-0.2, 0) is 0 Å². The van der Waals surface area contributed by atoms with Crippen molar-refractivity contribution in [2.24, 2.45) is 0 Å². The molecular weight excluding hydrogens is 283 g/mol. The molecule has 0 spiro atoms. The van der Waals surface area contributed by atoms with Crippen molar-refractivity contribution in [1.82, 2.24) is 5.32 Å². The molecule has 1 unspecified atom stereocenters. The average Bonchev–Trinajstić information content (AvgIpc) is 2.71. The largest absolute Gasteiger partial charge is 0.306 e. The third kappa shape index (κ3) is 2.88. The van der Waals surface area contributed by atoms with Crippen LogP contribution in [0.15, 0.2) is 18.2 Å². The molecular formula is C15H16F3NS. The molecule has 2 aromatic rings. The Morgan fingerprint density at radius 2 is 1.70 bits per heavy atom. The molecule has 0 aliphatic carbocycles. The molecule has 2 rings (SSSR count). The first-order valence-electron chi connectivity index (χ1n) is 6.38. The predicted octanol–water partition coefficient (Wildman–Crippen LogP) is 4.48. The van der Waals surface area contributed by atoms with Crippen LogP contribution >= 0.6 is 11.3 Å². The molecule has 20 heavy (non-hydrogen) atoms. The smallest absolute Gasteiger partial charge is 0.161 e. The van der Waals surface area contributed by atoms with Gasteiger partial charge in [0.1, 0.15) is 5.82 Å². The van der Waals surface area contributed by atoms with Gasteiger partial charge in [0.2, 0.25) is 0 Å². The Kier molecular flexibility index (Phi) is 4.50. The molecule has 0 bridgehead atoms. The number of thiophene rings is 1. The molecule has 0 aliphatic heterocycles. The molecule has 1 heterocycles.